The van der Waals surface area contributed by atoms with Crippen LogP contribution in [-0.2, 0) is 12.8 Å². The van der Waals surface area contributed by atoms with Crippen molar-refractivity contribution in [2.45, 2.75) is 10.9 Å². The molecule has 0 aliphatic rings. The second kappa shape index (κ2) is 4.58. The van der Waals surface area contributed by atoms with E-state index in [0.29, 0.717) is 10.8 Å². The highest BCUT2D eigenvalue weighted by atomic mass is 35.5. The largest absolute Gasteiger partial charge is 0.305 e. The van der Waals surface area contributed by atoms with Gasteiger partial charge in [0.2, 0.25) is 5.16 Å². The number of aromatic nitrogens is 6. The Morgan fingerprint density at radius 2 is 2.22 bits per heavy atom. The monoisotopic (exact) mass is 280 g/mol. The Balaban J connectivity index is 1.81. The van der Waals surface area contributed by atoms with E-state index in [1.54, 1.807) is 16.4 Å². The van der Waals surface area contributed by atoms with Gasteiger partial charge in [-0.1, -0.05) is 23.4 Å². The van der Waals surface area contributed by atoms with Gasteiger partial charge in [-0.3, -0.25) is 0 Å². The van der Waals surface area contributed by atoms with Crippen LogP contribution in [0.15, 0.2) is 29.7 Å². The maximum absolute atomic E-state index is 5.92. The molecule has 0 amide bonds. The number of halogens is 1. The minimum atomic E-state index is 0.691. The predicted molar refractivity (Wildman–Crippen MR) is 68.6 cm³/mol. The molecular formula is C10H9ClN6S. The van der Waals surface area contributed by atoms with Gasteiger partial charge in [-0.15, -0.1) is 5.10 Å². The molecule has 3 aromatic heterocycles. The van der Waals surface area contributed by atoms with E-state index in [-0.39, 0.29) is 0 Å². The van der Waals surface area contributed by atoms with Crippen LogP contribution < -0.4 is 0 Å². The van der Waals surface area contributed by atoms with Crippen LogP contribution >= 0.6 is 23.4 Å². The molecule has 0 saturated heterocycles. The lowest BCUT2D eigenvalue weighted by atomic mass is 10.5. The fourth-order valence-corrected chi connectivity index (χ4v) is 2.47. The summed E-state index contributed by atoms with van der Waals surface area (Å²) in [6, 6.07) is 3.72. The number of rotatable bonds is 3. The third-order valence-electron chi connectivity index (χ3n) is 2.40. The maximum Gasteiger partial charge on any atom is 0.209 e. The molecular weight excluding hydrogens is 272 g/mol. The van der Waals surface area contributed by atoms with Gasteiger partial charge in [-0.05, 0) is 22.6 Å². The first-order valence-corrected chi connectivity index (χ1v) is 6.57. The van der Waals surface area contributed by atoms with Gasteiger partial charge in [0.25, 0.3) is 0 Å². The summed E-state index contributed by atoms with van der Waals surface area (Å²) in [6.07, 6.45) is 3.79. The van der Waals surface area contributed by atoms with Crippen LogP contribution in [0.25, 0.3) is 5.65 Å². The first kappa shape index (κ1) is 11.5. The van der Waals surface area contributed by atoms with Gasteiger partial charge in [0.05, 0.1) is 10.7 Å². The Hall–Kier alpha value is -1.60. The molecule has 3 rings (SSSR count). The molecule has 0 bridgehead atoms. The fourth-order valence-electron chi connectivity index (χ4n) is 1.57. The van der Waals surface area contributed by atoms with Gasteiger partial charge in [0.1, 0.15) is 5.65 Å². The molecule has 0 fully saturated rings. The predicted octanol–water partition coefficient (Wildman–Crippen LogP) is 1.80. The van der Waals surface area contributed by atoms with E-state index in [1.165, 1.54) is 0 Å². The van der Waals surface area contributed by atoms with Crippen molar-refractivity contribution >= 4 is 29.0 Å². The van der Waals surface area contributed by atoms with E-state index in [4.69, 9.17) is 11.6 Å². The molecule has 0 aliphatic carbocycles. The molecule has 3 aromatic rings. The zero-order valence-corrected chi connectivity index (χ0v) is 11.1. The number of tetrazole rings is 1. The van der Waals surface area contributed by atoms with Crippen molar-refractivity contribution in [1.82, 2.24) is 29.6 Å². The van der Waals surface area contributed by atoms with Crippen molar-refractivity contribution in [2.75, 3.05) is 0 Å². The SMILES string of the molecule is Cn1nnnc1SCc1cn2cc(Cl)ccc2n1. The lowest BCUT2D eigenvalue weighted by molar-refractivity contribution is 0.664. The smallest absolute Gasteiger partial charge is 0.209 e. The summed E-state index contributed by atoms with van der Waals surface area (Å²) >= 11 is 7.47. The Bertz CT molecular complexity index is 691. The number of thioether (sulfide) groups is 1. The first-order valence-electron chi connectivity index (χ1n) is 5.21. The molecule has 0 unspecified atom stereocenters. The first-order chi connectivity index (χ1) is 8.72. The molecule has 6 nitrogen and oxygen atoms in total. The van der Waals surface area contributed by atoms with Gasteiger partial charge in [0, 0.05) is 25.2 Å². The maximum atomic E-state index is 5.92. The zero-order valence-electron chi connectivity index (χ0n) is 9.49. The number of pyridine rings is 1. The molecule has 0 radical (unpaired) electrons. The van der Waals surface area contributed by atoms with Crippen molar-refractivity contribution in [3.05, 3.63) is 35.2 Å². The van der Waals surface area contributed by atoms with Crippen molar-refractivity contribution in [1.29, 1.82) is 0 Å². The summed E-state index contributed by atoms with van der Waals surface area (Å²) in [5.41, 5.74) is 1.84. The van der Waals surface area contributed by atoms with Crippen molar-refractivity contribution in [2.24, 2.45) is 7.05 Å². The molecule has 0 aromatic carbocycles. The van der Waals surface area contributed by atoms with E-state index >= 15 is 0 Å². The van der Waals surface area contributed by atoms with Crippen LogP contribution in [0, 0.1) is 0 Å². The van der Waals surface area contributed by atoms with Gasteiger partial charge < -0.3 is 4.40 Å². The second-order valence-electron chi connectivity index (χ2n) is 3.72. The number of hydrogen-bond donors (Lipinski definition) is 0. The average molecular weight is 281 g/mol. The Morgan fingerprint density at radius 1 is 1.33 bits per heavy atom. The van der Waals surface area contributed by atoms with Crippen molar-refractivity contribution in [3.63, 3.8) is 0 Å². The number of aryl methyl sites for hydroxylation is 1. The number of hydrogen-bond acceptors (Lipinski definition) is 5. The van der Waals surface area contributed by atoms with Crippen LogP contribution in [0.1, 0.15) is 5.69 Å². The summed E-state index contributed by atoms with van der Waals surface area (Å²) in [7, 11) is 1.81. The van der Waals surface area contributed by atoms with Gasteiger partial charge >= 0.3 is 0 Å². The molecule has 18 heavy (non-hydrogen) atoms. The number of fused-ring (bicyclic) bond motifs is 1. The summed E-state index contributed by atoms with van der Waals surface area (Å²) in [6.45, 7) is 0. The molecule has 0 saturated carbocycles. The van der Waals surface area contributed by atoms with Crippen LogP contribution in [0.4, 0.5) is 0 Å². The van der Waals surface area contributed by atoms with Crippen molar-refractivity contribution in [3.8, 4) is 0 Å². The highest BCUT2D eigenvalue weighted by Crippen LogP contribution is 2.19. The second-order valence-corrected chi connectivity index (χ2v) is 5.10. The van der Waals surface area contributed by atoms with E-state index in [1.807, 2.05) is 36.0 Å². The third kappa shape index (κ3) is 2.19. The lowest BCUT2D eigenvalue weighted by Crippen LogP contribution is -1.93. The van der Waals surface area contributed by atoms with Crippen LogP contribution in [0.2, 0.25) is 5.02 Å². The topological polar surface area (TPSA) is 60.9 Å². The van der Waals surface area contributed by atoms with E-state index < -0.39 is 0 Å². The Labute approximate surface area is 112 Å². The Kier molecular flexibility index (Phi) is 2.92. The number of nitrogens with zero attached hydrogens (tertiary/aromatic N) is 6. The average Bonchev–Trinajstić information content (AvgIpc) is 2.92. The van der Waals surface area contributed by atoms with Crippen LogP contribution in [-0.4, -0.2) is 29.6 Å². The quantitative estimate of drug-likeness (QED) is 0.685. The van der Waals surface area contributed by atoms with Gasteiger partial charge in [0.15, 0.2) is 0 Å². The summed E-state index contributed by atoms with van der Waals surface area (Å²) < 4.78 is 3.55. The van der Waals surface area contributed by atoms with E-state index in [0.717, 1.165) is 16.5 Å². The van der Waals surface area contributed by atoms with Crippen LogP contribution in [0.5, 0.6) is 0 Å². The normalized spacial score (nSPS) is 11.2. The molecule has 0 N–H and O–H groups in total. The fraction of sp³-hybridized carbons (Fsp3) is 0.200. The van der Waals surface area contributed by atoms with Gasteiger partial charge in [-0.2, -0.15) is 0 Å². The van der Waals surface area contributed by atoms with E-state index in [2.05, 4.69) is 20.5 Å². The molecule has 3 heterocycles. The minimum absolute atomic E-state index is 0.691. The summed E-state index contributed by atoms with van der Waals surface area (Å²) in [4.78, 5) is 4.49. The summed E-state index contributed by atoms with van der Waals surface area (Å²) in [5, 5.41) is 12.7. The molecule has 0 atom stereocenters. The molecule has 0 aliphatic heterocycles. The van der Waals surface area contributed by atoms with Crippen molar-refractivity contribution < 1.29 is 0 Å². The van der Waals surface area contributed by atoms with E-state index in [9.17, 15) is 0 Å². The zero-order chi connectivity index (χ0) is 12.5. The summed E-state index contributed by atoms with van der Waals surface area (Å²) in [5.74, 6) is 0.716. The highest BCUT2D eigenvalue weighted by Gasteiger charge is 2.06. The minimum Gasteiger partial charge on any atom is -0.305 e. The van der Waals surface area contributed by atoms with Crippen LogP contribution in [0.3, 0.4) is 0 Å². The highest BCUT2D eigenvalue weighted by molar-refractivity contribution is 7.98. The molecule has 92 valence electrons. The standard InChI is InChI=1S/C10H9ClN6S/c1-16-10(13-14-15-16)18-6-8-5-17-4-7(11)2-3-9(17)12-8/h2-5H,6H2,1H3. The Morgan fingerprint density at radius 3 is 3.00 bits per heavy atom. The molecule has 0 spiro atoms. The molecule has 8 heteroatoms. The van der Waals surface area contributed by atoms with Gasteiger partial charge in [-0.25, -0.2) is 9.67 Å². The third-order valence-corrected chi connectivity index (χ3v) is 3.66. The lowest BCUT2D eigenvalue weighted by Gasteiger charge is -1.95. The number of imidazole rings is 1.